The number of aromatic nitrogens is 8. The number of hydrogen-bond acceptors (Lipinski definition) is 13. The minimum Gasteiger partial charge on any atom is -0.444 e. The summed E-state index contributed by atoms with van der Waals surface area (Å²) < 4.78 is 33.8. The first kappa shape index (κ1) is 40.1. The van der Waals surface area contributed by atoms with Gasteiger partial charge in [-0.1, -0.05) is 28.9 Å². The monoisotopic (exact) mass is 858 g/mol. The smallest absolute Gasteiger partial charge is 0.410 e. The average molecular weight is 859 g/mol. The Balaban J connectivity index is 0.791. The van der Waals surface area contributed by atoms with Crippen LogP contribution in [-0.4, -0.2) is 113 Å². The van der Waals surface area contributed by atoms with E-state index in [1.807, 2.05) is 50.1 Å². The summed E-state index contributed by atoms with van der Waals surface area (Å²) in [6, 6.07) is 12.4. The number of carbonyl (C=O) groups excluding carboxylic acids is 2. The van der Waals surface area contributed by atoms with E-state index in [4.69, 9.17) is 43.4 Å². The molecule has 8 heterocycles. The third kappa shape index (κ3) is 7.76. The molecule has 0 N–H and O–H groups in total. The molecule has 1 aliphatic carbocycles. The van der Waals surface area contributed by atoms with E-state index >= 15 is 0 Å². The van der Waals surface area contributed by atoms with E-state index in [1.54, 1.807) is 4.90 Å². The van der Waals surface area contributed by atoms with E-state index < -0.39 is 5.60 Å². The van der Waals surface area contributed by atoms with Gasteiger partial charge in [0.15, 0.2) is 11.6 Å². The Kier molecular flexibility index (Phi) is 10.3. The summed E-state index contributed by atoms with van der Waals surface area (Å²) >= 11 is 0. The molecule has 17 nitrogen and oxygen atoms in total. The lowest BCUT2D eigenvalue weighted by molar-refractivity contribution is -0.139. The lowest BCUT2D eigenvalue weighted by Gasteiger charge is -2.35. The molecule has 330 valence electrons. The van der Waals surface area contributed by atoms with Gasteiger partial charge in [0.2, 0.25) is 5.91 Å². The first-order chi connectivity index (χ1) is 30.6. The molecule has 1 unspecified atom stereocenters. The Hall–Kier alpha value is -5.68. The van der Waals surface area contributed by atoms with Crippen LogP contribution in [0.3, 0.4) is 0 Å². The standard InChI is InChI=1S/C46H54N10O7/c1-46(2,3)61-45(58)54-18-13-28(14-19-54)41-49-43(63-52-41)31-9-10-35-37(22-31)56(33-15-20-59-25-33)50-39(35)38-23-34(26-60-38)55-36-21-30(7-8-32(36)24-47-55)42-48-40(51-62-42)27-11-16-53(17-12-27)44(57)29-5-4-6-29/h7-10,21-22,24,27-29,33-34,38H,4-6,11-20,23,25-26H2,1-3H3/t33-,34-,38?/m1/s1. The van der Waals surface area contributed by atoms with Crippen molar-refractivity contribution < 1.29 is 32.8 Å². The highest BCUT2D eigenvalue weighted by molar-refractivity contribution is 5.87. The number of rotatable bonds is 8. The Morgan fingerprint density at radius 1 is 0.746 bits per heavy atom. The number of piperidine rings is 2. The van der Waals surface area contributed by atoms with Crippen LogP contribution < -0.4 is 0 Å². The van der Waals surface area contributed by atoms with Crippen molar-refractivity contribution in [3.05, 3.63) is 59.9 Å². The van der Waals surface area contributed by atoms with Gasteiger partial charge in [-0.2, -0.15) is 20.2 Å². The Labute approximate surface area is 364 Å². The predicted octanol–water partition coefficient (Wildman–Crippen LogP) is 7.77. The fraction of sp³-hybridized carbons (Fsp3) is 0.565. The average Bonchev–Trinajstić information content (AvgIpc) is 4.12. The first-order valence-corrected chi connectivity index (χ1v) is 22.8. The lowest BCUT2D eigenvalue weighted by Crippen LogP contribution is -2.43. The van der Waals surface area contributed by atoms with Crippen molar-refractivity contribution in [2.75, 3.05) is 46.0 Å². The largest absolute Gasteiger partial charge is 0.444 e. The highest BCUT2D eigenvalue weighted by atomic mass is 16.6. The van der Waals surface area contributed by atoms with Crippen molar-refractivity contribution in [2.24, 2.45) is 5.92 Å². The second-order valence-electron chi connectivity index (χ2n) is 19.0. The number of likely N-dealkylation sites (tertiary alicyclic amines) is 2. The maximum absolute atomic E-state index is 12.8. The lowest BCUT2D eigenvalue weighted by atomic mass is 9.83. The van der Waals surface area contributed by atoms with Gasteiger partial charge >= 0.3 is 6.09 Å². The van der Waals surface area contributed by atoms with Crippen molar-refractivity contribution in [1.29, 1.82) is 0 Å². The van der Waals surface area contributed by atoms with Crippen LogP contribution in [0.25, 0.3) is 44.7 Å². The summed E-state index contributed by atoms with van der Waals surface area (Å²) in [5.41, 5.74) is 3.96. The minimum atomic E-state index is -0.533. The topological polar surface area (TPSA) is 182 Å². The van der Waals surface area contributed by atoms with Crippen LogP contribution in [0.1, 0.15) is 126 Å². The highest BCUT2D eigenvalue weighted by Gasteiger charge is 2.36. The molecule has 17 heteroatoms. The fourth-order valence-corrected chi connectivity index (χ4v) is 9.91. The molecular weight excluding hydrogens is 805 g/mol. The molecule has 2 aromatic carbocycles. The van der Waals surface area contributed by atoms with Crippen LogP contribution in [0.2, 0.25) is 0 Å². The fourth-order valence-electron chi connectivity index (χ4n) is 9.91. The molecule has 0 spiro atoms. The number of hydrogen-bond donors (Lipinski definition) is 0. The van der Waals surface area contributed by atoms with Crippen molar-refractivity contribution in [1.82, 2.24) is 49.6 Å². The van der Waals surface area contributed by atoms with Gasteiger partial charge in [-0.15, -0.1) is 0 Å². The van der Waals surface area contributed by atoms with Gasteiger partial charge in [0.25, 0.3) is 11.8 Å². The Bertz CT molecular complexity index is 2630. The number of carbonyl (C=O) groups is 2. The van der Waals surface area contributed by atoms with E-state index in [0.29, 0.717) is 68.7 Å². The number of nitrogens with zero attached hydrogens (tertiary/aromatic N) is 10. The molecule has 63 heavy (non-hydrogen) atoms. The quantitative estimate of drug-likeness (QED) is 0.145. The first-order valence-electron chi connectivity index (χ1n) is 22.8. The number of ether oxygens (including phenoxy) is 3. The minimum absolute atomic E-state index is 0.0177. The zero-order chi connectivity index (χ0) is 42.8. The Morgan fingerprint density at radius 3 is 2.05 bits per heavy atom. The summed E-state index contributed by atoms with van der Waals surface area (Å²) in [5, 5.41) is 20.9. The molecule has 4 aliphatic heterocycles. The van der Waals surface area contributed by atoms with Gasteiger partial charge in [-0.3, -0.25) is 14.2 Å². The van der Waals surface area contributed by atoms with Crippen LogP contribution in [0.5, 0.6) is 0 Å². The van der Waals surface area contributed by atoms with Crippen molar-refractivity contribution in [3.8, 4) is 22.9 Å². The molecule has 11 rings (SSSR count). The van der Waals surface area contributed by atoms with E-state index in [2.05, 4.69) is 37.9 Å². The Morgan fingerprint density at radius 2 is 1.41 bits per heavy atom. The molecule has 4 aromatic heterocycles. The van der Waals surface area contributed by atoms with Gasteiger partial charge < -0.3 is 33.1 Å². The maximum Gasteiger partial charge on any atom is 0.410 e. The molecule has 6 aromatic rings. The SMILES string of the molecule is CC(C)(C)OC(=O)N1CCC(c2noc(-c3ccc4c(C5C[C@@H](n6ncc7ccc(-c8nc(C9CCN(C(=O)C%10CCC%10)CC9)no8)cc76)CO5)nn([C@@H]5CCOC5)c4c3)n2)CC1. The van der Waals surface area contributed by atoms with E-state index in [1.165, 1.54) is 0 Å². The van der Waals surface area contributed by atoms with Crippen LogP contribution in [0.4, 0.5) is 4.79 Å². The number of benzene rings is 2. The second-order valence-corrected chi connectivity index (χ2v) is 19.0. The van der Waals surface area contributed by atoms with Gasteiger partial charge in [-0.05, 0) is 90.0 Å². The van der Waals surface area contributed by atoms with Gasteiger partial charge in [-0.25, -0.2) is 4.79 Å². The van der Waals surface area contributed by atoms with E-state index in [9.17, 15) is 9.59 Å². The third-order valence-corrected chi connectivity index (χ3v) is 13.7. The summed E-state index contributed by atoms with van der Waals surface area (Å²) in [7, 11) is 0. The van der Waals surface area contributed by atoms with Crippen LogP contribution in [0.15, 0.2) is 51.6 Å². The zero-order valence-electron chi connectivity index (χ0n) is 36.1. The molecule has 0 radical (unpaired) electrons. The molecule has 5 fully saturated rings. The van der Waals surface area contributed by atoms with Crippen LogP contribution >= 0.6 is 0 Å². The molecule has 5 aliphatic rings. The maximum atomic E-state index is 12.8. The van der Waals surface area contributed by atoms with Gasteiger partial charge in [0.05, 0.1) is 48.2 Å². The molecular formula is C46H54N10O7. The summed E-state index contributed by atoms with van der Waals surface area (Å²) in [4.78, 5) is 38.9. The highest BCUT2D eigenvalue weighted by Crippen LogP contribution is 2.42. The summed E-state index contributed by atoms with van der Waals surface area (Å²) in [5.74, 6) is 3.10. The number of amides is 2. The second kappa shape index (κ2) is 16.1. The molecule has 1 saturated carbocycles. The van der Waals surface area contributed by atoms with E-state index in [0.717, 1.165) is 103 Å². The van der Waals surface area contributed by atoms with Gasteiger partial charge in [0.1, 0.15) is 11.7 Å². The molecule has 3 atom stereocenters. The molecule has 2 amide bonds. The van der Waals surface area contributed by atoms with Crippen molar-refractivity contribution in [3.63, 3.8) is 0 Å². The predicted molar refractivity (Wildman–Crippen MR) is 229 cm³/mol. The molecule has 4 saturated heterocycles. The normalized spacial score (nSPS) is 23.0. The third-order valence-electron chi connectivity index (χ3n) is 13.7. The molecule has 0 bridgehead atoms. The van der Waals surface area contributed by atoms with Crippen LogP contribution in [0, 0.1) is 5.92 Å². The van der Waals surface area contributed by atoms with Crippen molar-refractivity contribution >= 4 is 33.8 Å². The van der Waals surface area contributed by atoms with Crippen LogP contribution in [-0.2, 0) is 19.0 Å². The summed E-state index contributed by atoms with van der Waals surface area (Å²) in [6.45, 7) is 10.0. The summed E-state index contributed by atoms with van der Waals surface area (Å²) in [6.07, 6.45) is 9.30. The van der Waals surface area contributed by atoms with Gasteiger partial charge in [0, 0.05) is 78.9 Å². The van der Waals surface area contributed by atoms with E-state index in [-0.39, 0.29) is 42.0 Å². The zero-order valence-corrected chi connectivity index (χ0v) is 36.1. The van der Waals surface area contributed by atoms with Crippen molar-refractivity contribution in [2.45, 2.75) is 114 Å². The number of fused-ring (bicyclic) bond motifs is 2.